The average Bonchev–Trinajstić information content (AvgIpc) is 3.22. The zero-order chi connectivity index (χ0) is 24.1. The first-order valence-corrected chi connectivity index (χ1v) is 12.4. The maximum absolute atomic E-state index is 13.1. The predicted octanol–water partition coefficient (Wildman–Crippen LogP) is 3.64. The molecule has 2 fully saturated rings. The molecule has 0 spiro atoms. The second-order valence-corrected chi connectivity index (χ2v) is 9.64. The van der Waals surface area contributed by atoms with Gasteiger partial charge in [-0.25, -0.2) is 0 Å². The van der Waals surface area contributed by atoms with Crippen LogP contribution in [0.3, 0.4) is 0 Å². The summed E-state index contributed by atoms with van der Waals surface area (Å²) in [5, 5.41) is 3.15. The van der Waals surface area contributed by atoms with Gasteiger partial charge in [-0.3, -0.25) is 14.4 Å². The Labute approximate surface area is 202 Å². The van der Waals surface area contributed by atoms with E-state index in [1.807, 2.05) is 73.3 Å². The standard InChI is InChI=1S/C28H35N3O3/c1-3-25(22-7-5-4-6-8-22)28(34)30-15-13-24(14-16-30)29-27(33)23-17-26(32)31(19-23)18-21-11-9-20(2)10-12-21/h4-12,23-25H,3,13-19H2,1-2H3,(H,29,33). The van der Waals surface area contributed by atoms with Gasteiger partial charge in [-0.1, -0.05) is 67.1 Å². The van der Waals surface area contributed by atoms with Crippen molar-refractivity contribution in [3.63, 3.8) is 0 Å². The van der Waals surface area contributed by atoms with E-state index in [0.717, 1.165) is 30.4 Å². The number of rotatable bonds is 7. The van der Waals surface area contributed by atoms with Gasteiger partial charge in [0.2, 0.25) is 17.7 Å². The molecule has 6 heteroatoms. The lowest BCUT2D eigenvalue weighted by molar-refractivity contribution is -0.134. The van der Waals surface area contributed by atoms with Crippen LogP contribution in [-0.4, -0.2) is 53.2 Å². The van der Waals surface area contributed by atoms with E-state index in [1.165, 1.54) is 5.56 Å². The van der Waals surface area contributed by atoms with E-state index >= 15 is 0 Å². The van der Waals surface area contributed by atoms with E-state index in [2.05, 4.69) is 5.32 Å². The van der Waals surface area contributed by atoms with Crippen molar-refractivity contribution in [2.24, 2.45) is 5.92 Å². The number of nitrogens with one attached hydrogen (secondary N) is 1. The summed E-state index contributed by atoms with van der Waals surface area (Å²) in [7, 11) is 0. The highest BCUT2D eigenvalue weighted by Crippen LogP contribution is 2.25. The van der Waals surface area contributed by atoms with Crippen LogP contribution in [-0.2, 0) is 20.9 Å². The molecule has 2 aliphatic rings. The molecule has 2 aliphatic heterocycles. The molecule has 0 aromatic heterocycles. The predicted molar refractivity (Wildman–Crippen MR) is 132 cm³/mol. The number of benzene rings is 2. The Morgan fingerprint density at radius 1 is 1.03 bits per heavy atom. The number of nitrogens with zero attached hydrogens (tertiary/aromatic N) is 2. The highest BCUT2D eigenvalue weighted by atomic mass is 16.2. The summed E-state index contributed by atoms with van der Waals surface area (Å²) in [6, 6.07) is 18.2. The van der Waals surface area contributed by atoms with Crippen molar-refractivity contribution in [1.29, 1.82) is 0 Å². The molecule has 180 valence electrons. The molecule has 2 saturated heterocycles. The van der Waals surface area contributed by atoms with Crippen molar-refractivity contribution in [2.75, 3.05) is 19.6 Å². The van der Waals surface area contributed by atoms with Crippen LogP contribution in [0.2, 0.25) is 0 Å². The molecular weight excluding hydrogens is 426 g/mol. The Kier molecular flexibility index (Phi) is 7.66. The Bertz CT molecular complexity index is 997. The van der Waals surface area contributed by atoms with Gasteiger partial charge in [0.15, 0.2) is 0 Å². The molecule has 0 aliphatic carbocycles. The summed E-state index contributed by atoms with van der Waals surface area (Å²) < 4.78 is 0. The zero-order valence-electron chi connectivity index (χ0n) is 20.2. The van der Waals surface area contributed by atoms with Crippen LogP contribution in [0.5, 0.6) is 0 Å². The number of amides is 3. The SMILES string of the molecule is CCC(C(=O)N1CCC(NC(=O)C2CC(=O)N(Cc3ccc(C)cc3)C2)CC1)c1ccccc1. The minimum Gasteiger partial charge on any atom is -0.353 e. The maximum Gasteiger partial charge on any atom is 0.230 e. The van der Waals surface area contributed by atoms with Gasteiger partial charge in [-0.2, -0.15) is 0 Å². The van der Waals surface area contributed by atoms with Crippen LogP contribution in [0.25, 0.3) is 0 Å². The topological polar surface area (TPSA) is 69.7 Å². The molecule has 0 saturated carbocycles. The molecule has 4 rings (SSSR count). The molecule has 2 unspecified atom stereocenters. The first-order chi connectivity index (χ1) is 16.4. The quantitative estimate of drug-likeness (QED) is 0.684. The fourth-order valence-electron chi connectivity index (χ4n) is 5.04. The van der Waals surface area contributed by atoms with Crippen LogP contribution in [0.1, 0.15) is 55.2 Å². The summed E-state index contributed by atoms with van der Waals surface area (Å²) >= 11 is 0. The van der Waals surface area contributed by atoms with E-state index < -0.39 is 0 Å². The number of carbonyl (C=O) groups excluding carboxylic acids is 3. The third-order valence-electron chi connectivity index (χ3n) is 7.14. The van der Waals surface area contributed by atoms with Gasteiger partial charge >= 0.3 is 0 Å². The summed E-state index contributed by atoms with van der Waals surface area (Å²) in [6.45, 7) is 6.39. The molecular formula is C28H35N3O3. The number of hydrogen-bond acceptors (Lipinski definition) is 3. The van der Waals surface area contributed by atoms with E-state index in [0.29, 0.717) is 26.2 Å². The summed E-state index contributed by atoms with van der Waals surface area (Å²) in [5.41, 5.74) is 3.33. The minimum absolute atomic E-state index is 0.0349. The molecule has 0 radical (unpaired) electrons. The molecule has 34 heavy (non-hydrogen) atoms. The van der Waals surface area contributed by atoms with E-state index in [4.69, 9.17) is 0 Å². The van der Waals surface area contributed by atoms with Gasteiger partial charge in [0.1, 0.15) is 0 Å². The fraction of sp³-hybridized carbons (Fsp3) is 0.464. The van der Waals surface area contributed by atoms with Crippen LogP contribution in [0.15, 0.2) is 54.6 Å². The molecule has 3 amide bonds. The Balaban J connectivity index is 1.25. The van der Waals surface area contributed by atoms with Crippen LogP contribution >= 0.6 is 0 Å². The first kappa shape index (κ1) is 24.0. The minimum atomic E-state index is -0.305. The number of piperidine rings is 1. The second kappa shape index (κ2) is 10.9. The third-order valence-corrected chi connectivity index (χ3v) is 7.14. The average molecular weight is 462 g/mol. The van der Waals surface area contributed by atoms with Crippen LogP contribution in [0, 0.1) is 12.8 Å². The monoisotopic (exact) mass is 461 g/mol. The van der Waals surface area contributed by atoms with Crippen molar-refractivity contribution in [2.45, 2.75) is 58.0 Å². The second-order valence-electron chi connectivity index (χ2n) is 9.64. The van der Waals surface area contributed by atoms with Gasteiger partial charge in [-0.05, 0) is 37.3 Å². The van der Waals surface area contributed by atoms with E-state index in [9.17, 15) is 14.4 Å². The molecule has 2 aromatic rings. The first-order valence-electron chi connectivity index (χ1n) is 12.4. The van der Waals surface area contributed by atoms with Gasteiger partial charge in [0.05, 0.1) is 11.8 Å². The Hall–Kier alpha value is -3.15. The number of aryl methyl sites for hydroxylation is 1. The van der Waals surface area contributed by atoms with Crippen LogP contribution < -0.4 is 5.32 Å². The molecule has 1 N–H and O–H groups in total. The van der Waals surface area contributed by atoms with Gasteiger partial charge in [-0.15, -0.1) is 0 Å². The molecule has 2 heterocycles. The van der Waals surface area contributed by atoms with Gasteiger partial charge in [0.25, 0.3) is 0 Å². The maximum atomic E-state index is 13.1. The highest BCUT2D eigenvalue weighted by molar-refractivity contribution is 5.89. The smallest absolute Gasteiger partial charge is 0.230 e. The van der Waals surface area contributed by atoms with Crippen molar-refractivity contribution in [3.05, 3.63) is 71.3 Å². The summed E-state index contributed by atoms with van der Waals surface area (Å²) in [6.07, 6.45) is 2.53. The van der Waals surface area contributed by atoms with Crippen molar-refractivity contribution >= 4 is 17.7 Å². The molecule has 6 nitrogen and oxygen atoms in total. The lowest BCUT2D eigenvalue weighted by Gasteiger charge is -2.35. The largest absolute Gasteiger partial charge is 0.353 e. The van der Waals surface area contributed by atoms with Crippen LogP contribution in [0.4, 0.5) is 0 Å². The van der Waals surface area contributed by atoms with E-state index in [1.54, 1.807) is 4.90 Å². The molecule has 0 bridgehead atoms. The highest BCUT2D eigenvalue weighted by Gasteiger charge is 2.36. The van der Waals surface area contributed by atoms with Gasteiger partial charge < -0.3 is 15.1 Å². The van der Waals surface area contributed by atoms with Crippen molar-refractivity contribution < 1.29 is 14.4 Å². The number of hydrogen-bond donors (Lipinski definition) is 1. The lowest BCUT2D eigenvalue weighted by atomic mass is 9.93. The van der Waals surface area contributed by atoms with Crippen molar-refractivity contribution in [1.82, 2.24) is 15.1 Å². The normalized spacial score (nSPS) is 19.8. The Morgan fingerprint density at radius 2 is 1.71 bits per heavy atom. The third kappa shape index (κ3) is 5.66. The summed E-state index contributed by atoms with van der Waals surface area (Å²) in [5.74, 6) is -0.254. The van der Waals surface area contributed by atoms with Gasteiger partial charge in [0, 0.05) is 38.6 Å². The van der Waals surface area contributed by atoms with E-state index in [-0.39, 0.29) is 42.0 Å². The molecule has 2 atom stereocenters. The number of carbonyl (C=O) groups is 3. The summed E-state index contributed by atoms with van der Waals surface area (Å²) in [4.78, 5) is 42.2. The number of likely N-dealkylation sites (tertiary alicyclic amines) is 2. The molecule has 2 aromatic carbocycles. The zero-order valence-corrected chi connectivity index (χ0v) is 20.2. The lowest BCUT2D eigenvalue weighted by Crippen LogP contribution is -2.49. The van der Waals surface area contributed by atoms with Crippen molar-refractivity contribution in [3.8, 4) is 0 Å². The Morgan fingerprint density at radius 3 is 2.35 bits per heavy atom. The fourth-order valence-corrected chi connectivity index (χ4v) is 5.04.